The summed E-state index contributed by atoms with van der Waals surface area (Å²) in [6.07, 6.45) is 1.78. The second-order valence-corrected chi connectivity index (χ2v) is 5.97. The van der Waals surface area contributed by atoms with Crippen molar-refractivity contribution in [1.29, 1.82) is 0 Å². The lowest BCUT2D eigenvalue weighted by Crippen LogP contribution is -2.41. The summed E-state index contributed by atoms with van der Waals surface area (Å²) >= 11 is 5.94. The number of hydrogen-bond acceptors (Lipinski definition) is 5. The molecule has 1 aromatic carbocycles. The number of hydrogen-bond donors (Lipinski definition) is 1. The van der Waals surface area contributed by atoms with Crippen LogP contribution >= 0.6 is 11.6 Å². The molecule has 0 saturated carbocycles. The molecule has 116 valence electrons. The number of ketones is 1. The van der Waals surface area contributed by atoms with Gasteiger partial charge in [0.05, 0.1) is 5.69 Å². The number of aromatic nitrogens is 3. The lowest BCUT2D eigenvalue weighted by Gasteiger charge is -2.32. The normalized spacial score (nSPS) is 16.0. The number of rotatable bonds is 3. The Kier molecular flexibility index (Phi) is 4.13. The summed E-state index contributed by atoms with van der Waals surface area (Å²) in [7, 11) is 0. The van der Waals surface area contributed by atoms with Crippen LogP contribution in [0.25, 0.3) is 5.69 Å². The van der Waals surface area contributed by atoms with Crippen molar-refractivity contribution in [2.45, 2.75) is 25.8 Å². The van der Waals surface area contributed by atoms with Crippen molar-refractivity contribution < 1.29 is 4.79 Å². The van der Waals surface area contributed by atoms with Crippen LogP contribution in [-0.2, 0) is 0 Å². The lowest BCUT2D eigenvalue weighted by molar-refractivity contribution is 0.101. The van der Waals surface area contributed by atoms with Gasteiger partial charge in [0, 0.05) is 31.1 Å². The molecule has 0 unspecified atom stereocenters. The van der Waals surface area contributed by atoms with Crippen molar-refractivity contribution >= 4 is 23.2 Å². The fourth-order valence-corrected chi connectivity index (χ4v) is 2.78. The van der Waals surface area contributed by atoms with Crippen LogP contribution in [0.3, 0.4) is 0 Å². The zero-order valence-corrected chi connectivity index (χ0v) is 13.1. The molecule has 1 aromatic heterocycles. The van der Waals surface area contributed by atoms with Crippen molar-refractivity contribution in [2.75, 3.05) is 18.0 Å². The number of halogens is 1. The standard InChI is InChI=1S/C15H18ClN5O/c1-10(22)14-15(20-8-6-12(17)7-9-20)21(19-18-14)13-4-2-11(16)3-5-13/h2-5,12H,6-9,17H2,1H3. The average molecular weight is 320 g/mol. The molecule has 0 amide bonds. The van der Waals surface area contributed by atoms with Gasteiger partial charge in [0.2, 0.25) is 0 Å². The third kappa shape index (κ3) is 2.84. The van der Waals surface area contributed by atoms with Gasteiger partial charge in [-0.3, -0.25) is 4.79 Å². The van der Waals surface area contributed by atoms with Gasteiger partial charge in [0.25, 0.3) is 0 Å². The number of nitrogens with two attached hydrogens (primary N) is 1. The van der Waals surface area contributed by atoms with Crippen molar-refractivity contribution in [2.24, 2.45) is 5.73 Å². The van der Waals surface area contributed by atoms with E-state index in [1.807, 2.05) is 12.1 Å². The average Bonchev–Trinajstić information content (AvgIpc) is 2.94. The summed E-state index contributed by atoms with van der Waals surface area (Å²) < 4.78 is 1.70. The second kappa shape index (κ2) is 6.06. The van der Waals surface area contributed by atoms with Crippen LogP contribution in [0.1, 0.15) is 30.3 Å². The second-order valence-electron chi connectivity index (χ2n) is 5.53. The highest BCUT2D eigenvalue weighted by atomic mass is 35.5. The van der Waals surface area contributed by atoms with Crippen LogP contribution in [0.2, 0.25) is 5.02 Å². The molecule has 0 aliphatic carbocycles. The fraction of sp³-hybridized carbons (Fsp3) is 0.400. The first-order chi connectivity index (χ1) is 10.6. The van der Waals surface area contributed by atoms with E-state index in [4.69, 9.17) is 17.3 Å². The first-order valence-corrected chi connectivity index (χ1v) is 7.67. The number of nitrogens with zero attached hydrogens (tertiary/aromatic N) is 4. The van der Waals surface area contributed by atoms with E-state index in [-0.39, 0.29) is 11.8 Å². The van der Waals surface area contributed by atoms with Crippen LogP contribution in [-0.4, -0.2) is 39.9 Å². The van der Waals surface area contributed by atoms with Gasteiger partial charge in [-0.1, -0.05) is 16.8 Å². The van der Waals surface area contributed by atoms with Gasteiger partial charge in [0.1, 0.15) is 0 Å². The molecule has 1 saturated heterocycles. The number of carbonyl (C=O) groups is 1. The third-order valence-electron chi connectivity index (χ3n) is 3.89. The van der Waals surface area contributed by atoms with Gasteiger partial charge >= 0.3 is 0 Å². The van der Waals surface area contributed by atoms with Crippen LogP contribution in [0, 0.1) is 0 Å². The van der Waals surface area contributed by atoms with E-state index in [1.165, 1.54) is 6.92 Å². The predicted octanol–water partition coefficient (Wildman–Crippen LogP) is 2.05. The topological polar surface area (TPSA) is 77.0 Å². The van der Waals surface area contributed by atoms with E-state index in [9.17, 15) is 4.79 Å². The molecule has 0 atom stereocenters. The molecule has 3 rings (SSSR count). The van der Waals surface area contributed by atoms with Gasteiger partial charge < -0.3 is 10.6 Å². The summed E-state index contributed by atoms with van der Waals surface area (Å²) in [6.45, 7) is 3.10. The summed E-state index contributed by atoms with van der Waals surface area (Å²) in [5.74, 6) is 0.645. The van der Waals surface area contributed by atoms with Crippen LogP contribution < -0.4 is 10.6 Å². The molecule has 0 bridgehead atoms. The van der Waals surface area contributed by atoms with Crippen LogP contribution in [0.5, 0.6) is 0 Å². The largest absolute Gasteiger partial charge is 0.354 e. The Morgan fingerprint density at radius 3 is 2.50 bits per heavy atom. The summed E-state index contributed by atoms with van der Waals surface area (Å²) in [6, 6.07) is 7.53. The zero-order valence-electron chi connectivity index (χ0n) is 12.4. The SMILES string of the molecule is CC(=O)c1nnn(-c2ccc(Cl)cc2)c1N1CCC(N)CC1. The van der Waals surface area contributed by atoms with Crippen LogP contribution in [0.4, 0.5) is 5.82 Å². The molecule has 2 aromatic rings. The monoisotopic (exact) mass is 319 g/mol. The van der Waals surface area contributed by atoms with E-state index in [0.29, 0.717) is 10.7 Å². The van der Waals surface area contributed by atoms with E-state index >= 15 is 0 Å². The van der Waals surface area contributed by atoms with Crippen molar-refractivity contribution in [3.8, 4) is 5.69 Å². The maximum absolute atomic E-state index is 11.9. The Morgan fingerprint density at radius 1 is 1.27 bits per heavy atom. The number of carbonyl (C=O) groups excluding carboxylic acids is 1. The molecule has 0 radical (unpaired) electrons. The molecule has 2 heterocycles. The number of anilines is 1. The highest BCUT2D eigenvalue weighted by Crippen LogP contribution is 2.26. The quantitative estimate of drug-likeness (QED) is 0.876. The maximum Gasteiger partial charge on any atom is 0.183 e. The predicted molar refractivity (Wildman–Crippen MR) is 85.8 cm³/mol. The van der Waals surface area contributed by atoms with Crippen molar-refractivity contribution in [3.63, 3.8) is 0 Å². The Morgan fingerprint density at radius 2 is 1.91 bits per heavy atom. The van der Waals surface area contributed by atoms with Gasteiger partial charge in [-0.25, -0.2) is 0 Å². The molecular formula is C15H18ClN5O. The van der Waals surface area contributed by atoms with Crippen LogP contribution in [0.15, 0.2) is 24.3 Å². The Labute approximate surface area is 133 Å². The first-order valence-electron chi connectivity index (χ1n) is 7.29. The van der Waals surface area contributed by atoms with E-state index in [1.54, 1.807) is 16.8 Å². The molecule has 1 fully saturated rings. The smallest absolute Gasteiger partial charge is 0.183 e. The number of Topliss-reactive ketones (excluding diaryl/α,β-unsaturated/α-hetero) is 1. The van der Waals surface area contributed by atoms with E-state index < -0.39 is 0 Å². The molecule has 6 nitrogen and oxygen atoms in total. The summed E-state index contributed by atoms with van der Waals surface area (Å²) in [4.78, 5) is 14.0. The first kappa shape index (κ1) is 15.0. The molecular weight excluding hydrogens is 302 g/mol. The molecule has 2 N–H and O–H groups in total. The van der Waals surface area contributed by atoms with E-state index in [0.717, 1.165) is 37.4 Å². The Hall–Kier alpha value is -1.92. The van der Waals surface area contributed by atoms with Crippen molar-refractivity contribution in [1.82, 2.24) is 15.0 Å². The Balaban J connectivity index is 2.03. The van der Waals surface area contributed by atoms with Crippen molar-refractivity contribution in [3.05, 3.63) is 35.0 Å². The molecule has 1 aliphatic heterocycles. The zero-order chi connectivity index (χ0) is 15.7. The maximum atomic E-state index is 11.9. The van der Waals surface area contributed by atoms with Gasteiger partial charge in [-0.2, -0.15) is 4.68 Å². The Bertz CT molecular complexity index is 674. The molecule has 1 aliphatic rings. The van der Waals surface area contributed by atoms with Gasteiger partial charge in [-0.15, -0.1) is 5.10 Å². The van der Waals surface area contributed by atoms with Gasteiger partial charge in [0.15, 0.2) is 17.3 Å². The summed E-state index contributed by atoms with van der Waals surface area (Å²) in [5, 5.41) is 8.88. The lowest BCUT2D eigenvalue weighted by atomic mass is 10.1. The highest BCUT2D eigenvalue weighted by Gasteiger charge is 2.26. The van der Waals surface area contributed by atoms with Gasteiger partial charge in [-0.05, 0) is 37.1 Å². The third-order valence-corrected chi connectivity index (χ3v) is 4.14. The molecule has 7 heteroatoms. The summed E-state index contributed by atoms with van der Waals surface area (Å²) in [5.41, 5.74) is 7.19. The fourth-order valence-electron chi connectivity index (χ4n) is 2.66. The van der Waals surface area contributed by atoms with E-state index in [2.05, 4.69) is 15.2 Å². The molecule has 22 heavy (non-hydrogen) atoms. The minimum atomic E-state index is -0.0925. The highest BCUT2D eigenvalue weighted by molar-refractivity contribution is 6.30. The number of piperidine rings is 1. The molecule has 0 spiro atoms. The number of benzene rings is 1. The minimum Gasteiger partial charge on any atom is -0.354 e. The minimum absolute atomic E-state index is 0.0925.